The van der Waals surface area contributed by atoms with Crippen molar-refractivity contribution in [2.45, 2.75) is 38.3 Å². The third-order valence-corrected chi connectivity index (χ3v) is 8.09. The Balaban J connectivity index is 1.28. The van der Waals surface area contributed by atoms with Crippen LogP contribution in [-0.2, 0) is 6.54 Å². The fourth-order valence-electron chi connectivity index (χ4n) is 5.52. The number of hydrogen-bond acceptors (Lipinski definition) is 9. The molecular weight excluding hydrogens is 584 g/mol. The van der Waals surface area contributed by atoms with Gasteiger partial charge in [-0.3, -0.25) is 20.2 Å². The zero-order valence-electron chi connectivity index (χ0n) is 24.0. The van der Waals surface area contributed by atoms with Gasteiger partial charge in [-0.1, -0.05) is 24.4 Å². The minimum Gasteiger partial charge on any atom is -0.495 e. The topological polar surface area (TPSA) is 130 Å². The molecule has 1 saturated carbocycles. The van der Waals surface area contributed by atoms with E-state index >= 15 is 0 Å². The van der Waals surface area contributed by atoms with Crippen LogP contribution >= 0.6 is 11.6 Å². The Labute approximate surface area is 258 Å². The van der Waals surface area contributed by atoms with Gasteiger partial charge >= 0.3 is 0 Å². The Kier molecular flexibility index (Phi) is 8.60. The SMILES string of the molecule is COc1ccc(-c2nc(-c3ccncc3)nn2CCN(C(=O)c2ccc(-c3ccc(N(O)O)cc3)o2)C2CCCC2)cc1Cl. The van der Waals surface area contributed by atoms with Crippen LogP contribution in [0.15, 0.2) is 83.5 Å². The van der Waals surface area contributed by atoms with Crippen molar-refractivity contribution in [3.63, 3.8) is 0 Å². The molecule has 1 aliphatic rings. The first-order valence-electron chi connectivity index (χ1n) is 14.3. The van der Waals surface area contributed by atoms with Crippen molar-refractivity contribution in [1.82, 2.24) is 24.6 Å². The molecule has 2 aromatic carbocycles. The monoisotopic (exact) mass is 614 g/mol. The average Bonchev–Trinajstić information content (AvgIpc) is 3.84. The molecule has 0 spiro atoms. The summed E-state index contributed by atoms with van der Waals surface area (Å²) in [5, 5.41) is 23.8. The number of nitrogens with zero attached hydrogens (tertiary/aromatic N) is 6. The minimum atomic E-state index is -0.194. The standard InChI is InChI=1S/C32H31ClN6O5/c1-43-28-11-8-23(20-26(28)33)31-35-30(22-14-16-34-17-15-22)36-38(31)19-18-37(24-4-2-3-5-24)32(40)29-13-12-27(44-29)21-6-9-25(10-7-21)39(41)42/h6-17,20,24,41-42H,2-5,18-19H2,1H3. The summed E-state index contributed by atoms with van der Waals surface area (Å²) in [6.45, 7) is 0.792. The van der Waals surface area contributed by atoms with E-state index in [1.165, 1.54) is 12.1 Å². The molecule has 0 aliphatic heterocycles. The van der Waals surface area contributed by atoms with Crippen LogP contribution in [0.25, 0.3) is 34.1 Å². The Morgan fingerprint density at radius 1 is 1.00 bits per heavy atom. The van der Waals surface area contributed by atoms with Crippen molar-refractivity contribution < 1.29 is 24.4 Å². The predicted molar refractivity (Wildman–Crippen MR) is 164 cm³/mol. The Morgan fingerprint density at radius 3 is 2.41 bits per heavy atom. The summed E-state index contributed by atoms with van der Waals surface area (Å²) < 4.78 is 13.2. The Bertz CT molecular complexity index is 1730. The zero-order chi connectivity index (χ0) is 30.6. The highest BCUT2D eigenvalue weighted by Crippen LogP contribution is 2.32. The van der Waals surface area contributed by atoms with Gasteiger partial charge in [-0.2, -0.15) is 5.10 Å². The number of aromatic nitrogens is 4. The third kappa shape index (κ3) is 6.16. The molecule has 2 N–H and O–H groups in total. The highest BCUT2D eigenvalue weighted by atomic mass is 35.5. The third-order valence-electron chi connectivity index (χ3n) is 7.80. The number of anilines is 1. The highest BCUT2D eigenvalue weighted by Gasteiger charge is 2.30. The van der Waals surface area contributed by atoms with Crippen LogP contribution < -0.4 is 9.96 Å². The number of methoxy groups -OCH3 is 1. The summed E-state index contributed by atoms with van der Waals surface area (Å²) >= 11 is 6.47. The molecule has 3 heterocycles. The fourth-order valence-corrected chi connectivity index (χ4v) is 5.77. The number of halogens is 1. The zero-order valence-corrected chi connectivity index (χ0v) is 24.8. The molecule has 0 unspecified atom stereocenters. The van der Waals surface area contributed by atoms with Crippen LogP contribution in [0.3, 0.4) is 0 Å². The molecule has 44 heavy (non-hydrogen) atoms. The van der Waals surface area contributed by atoms with Gasteiger partial charge in [0.25, 0.3) is 5.91 Å². The normalized spacial score (nSPS) is 13.3. The molecule has 226 valence electrons. The van der Waals surface area contributed by atoms with Gasteiger partial charge < -0.3 is 14.1 Å². The molecule has 6 rings (SSSR count). The van der Waals surface area contributed by atoms with Crippen molar-refractivity contribution in [1.29, 1.82) is 0 Å². The van der Waals surface area contributed by atoms with Crippen LogP contribution in [0.2, 0.25) is 5.02 Å². The molecule has 0 saturated heterocycles. The second-order valence-electron chi connectivity index (χ2n) is 10.5. The van der Waals surface area contributed by atoms with Gasteiger partial charge in [0.1, 0.15) is 11.5 Å². The summed E-state index contributed by atoms with van der Waals surface area (Å²) in [5.41, 5.74) is 2.51. The number of furan rings is 1. The quantitative estimate of drug-likeness (QED) is 0.167. The van der Waals surface area contributed by atoms with Gasteiger partial charge in [0.15, 0.2) is 17.4 Å². The number of ether oxygens (including phenoxy) is 1. The van der Waals surface area contributed by atoms with E-state index in [1.807, 2.05) is 27.8 Å². The molecule has 0 atom stereocenters. The van der Waals surface area contributed by atoms with E-state index in [-0.39, 0.29) is 28.6 Å². The lowest BCUT2D eigenvalue weighted by Gasteiger charge is -2.28. The number of carbonyl (C=O) groups is 1. The Morgan fingerprint density at radius 2 is 1.73 bits per heavy atom. The van der Waals surface area contributed by atoms with Gasteiger partial charge in [0, 0.05) is 41.7 Å². The molecule has 3 aromatic heterocycles. The number of benzene rings is 2. The van der Waals surface area contributed by atoms with E-state index in [4.69, 9.17) is 30.8 Å². The molecular formula is C32H31ClN6O5. The second-order valence-corrected chi connectivity index (χ2v) is 10.9. The summed E-state index contributed by atoms with van der Waals surface area (Å²) in [4.78, 5) is 24.7. The van der Waals surface area contributed by atoms with E-state index in [9.17, 15) is 15.2 Å². The Hall–Kier alpha value is -4.71. The van der Waals surface area contributed by atoms with Gasteiger partial charge in [-0.15, -0.1) is 5.23 Å². The van der Waals surface area contributed by atoms with Crippen molar-refractivity contribution >= 4 is 23.2 Å². The maximum Gasteiger partial charge on any atom is 0.289 e. The summed E-state index contributed by atoms with van der Waals surface area (Å²) in [7, 11) is 1.57. The van der Waals surface area contributed by atoms with Crippen LogP contribution in [-0.4, -0.2) is 60.7 Å². The maximum atomic E-state index is 13.9. The van der Waals surface area contributed by atoms with Crippen LogP contribution in [0, 0.1) is 0 Å². The predicted octanol–water partition coefficient (Wildman–Crippen LogP) is 6.60. The number of hydrogen-bond donors (Lipinski definition) is 2. The van der Waals surface area contributed by atoms with E-state index < -0.39 is 0 Å². The van der Waals surface area contributed by atoms with E-state index in [2.05, 4.69) is 4.98 Å². The van der Waals surface area contributed by atoms with Gasteiger partial charge in [0.05, 0.1) is 24.4 Å². The molecule has 1 amide bonds. The smallest absolute Gasteiger partial charge is 0.289 e. The minimum absolute atomic E-state index is 0.0458. The van der Waals surface area contributed by atoms with Crippen LogP contribution in [0.1, 0.15) is 36.2 Å². The van der Waals surface area contributed by atoms with Crippen molar-refractivity contribution in [3.8, 4) is 39.8 Å². The van der Waals surface area contributed by atoms with E-state index in [0.717, 1.165) is 36.8 Å². The van der Waals surface area contributed by atoms with Crippen molar-refractivity contribution in [2.24, 2.45) is 0 Å². The van der Waals surface area contributed by atoms with Crippen LogP contribution in [0.5, 0.6) is 5.75 Å². The fraction of sp³-hybridized carbons (Fsp3) is 0.250. The van der Waals surface area contributed by atoms with Gasteiger partial charge in [-0.25, -0.2) is 9.67 Å². The summed E-state index contributed by atoms with van der Waals surface area (Å²) in [6.07, 6.45) is 7.34. The first kappa shape index (κ1) is 29.4. The molecule has 0 radical (unpaired) electrons. The number of amides is 1. The molecule has 1 fully saturated rings. The second kappa shape index (κ2) is 12.9. The van der Waals surface area contributed by atoms with Crippen molar-refractivity contribution in [3.05, 3.63) is 89.9 Å². The van der Waals surface area contributed by atoms with E-state index in [0.29, 0.717) is 46.8 Å². The average molecular weight is 615 g/mol. The lowest BCUT2D eigenvalue weighted by Crippen LogP contribution is -2.41. The lowest BCUT2D eigenvalue weighted by molar-refractivity contribution is 0.0291. The summed E-state index contributed by atoms with van der Waals surface area (Å²) in [6, 6.07) is 19.1. The lowest BCUT2D eigenvalue weighted by atomic mass is 10.1. The number of rotatable bonds is 10. The van der Waals surface area contributed by atoms with E-state index in [1.54, 1.807) is 55.9 Å². The van der Waals surface area contributed by atoms with Crippen molar-refractivity contribution in [2.75, 3.05) is 18.9 Å². The first-order chi connectivity index (χ1) is 21.4. The molecule has 11 nitrogen and oxygen atoms in total. The highest BCUT2D eigenvalue weighted by molar-refractivity contribution is 6.32. The van der Waals surface area contributed by atoms with Crippen LogP contribution in [0.4, 0.5) is 5.69 Å². The first-order valence-corrected chi connectivity index (χ1v) is 14.7. The number of carbonyl (C=O) groups excluding carboxylic acids is 1. The molecule has 5 aromatic rings. The number of pyridine rings is 1. The largest absolute Gasteiger partial charge is 0.495 e. The summed E-state index contributed by atoms with van der Waals surface area (Å²) in [5.74, 6) is 2.27. The maximum absolute atomic E-state index is 13.9. The molecule has 12 heteroatoms. The molecule has 0 bridgehead atoms. The van der Waals surface area contributed by atoms with Gasteiger partial charge in [0.2, 0.25) is 0 Å². The van der Waals surface area contributed by atoms with Gasteiger partial charge in [-0.05, 0) is 79.6 Å². The molecule has 1 aliphatic carbocycles.